The molecular formula is C29H40N2O3. The molecule has 0 aromatic heterocycles. The predicted molar refractivity (Wildman–Crippen MR) is 137 cm³/mol. The smallest absolute Gasteiger partial charge is 0.261 e. The number of aryl methyl sites for hydroxylation is 1. The lowest BCUT2D eigenvalue weighted by Gasteiger charge is -2.31. The molecule has 0 aliphatic heterocycles. The van der Waals surface area contributed by atoms with Gasteiger partial charge in [0.15, 0.2) is 6.61 Å². The van der Waals surface area contributed by atoms with Crippen LogP contribution in [0.5, 0.6) is 5.75 Å². The van der Waals surface area contributed by atoms with E-state index in [-0.39, 0.29) is 29.9 Å². The molecule has 0 heterocycles. The second-order valence-corrected chi connectivity index (χ2v) is 10.6. The first kappa shape index (κ1) is 25.8. The van der Waals surface area contributed by atoms with Crippen LogP contribution in [0.2, 0.25) is 0 Å². The second kappa shape index (κ2) is 11.5. The maximum Gasteiger partial charge on any atom is 0.261 e. The Morgan fingerprint density at radius 2 is 1.62 bits per heavy atom. The van der Waals surface area contributed by atoms with Crippen molar-refractivity contribution in [3.8, 4) is 5.75 Å². The minimum atomic E-state index is -0.581. The third-order valence-electron chi connectivity index (χ3n) is 6.68. The Kier molecular flexibility index (Phi) is 8.76. The zero-order valence-electron chi connectivity index (χ0n) is 21.4. The van der Waals surface area contributed by atoms with E-state index in [1.165, 1.54) is 12.0 Å². The van der Waals surface area contributed by atoms with E-state index in [4.69, 9.17) is 4.74 Å². The average molecular weight is 465 g/mol. The Hall–Kier alpha value is -2.82. The molecule has 1 aliphatic carbocycles. The quantitative estimate of drug-likeness (QED) is 0.558. The number of nitrogens with zero attached hydrogens (tertiary/aromatic N) is 1. The summed E-state index contributed by atoms with van der Waals surface area (Å²) in [5.41, 5.74) is 3.41. The maximum atomic E-state index is 13.3. The zero-order valence-corrected chi connectivity index (χ0v) is 21.4. The second-order valence-electron chi connectivity index (χ2n) is 10.6. The summed E-state index contributed by atoms with van der Waals surface area (Å²) in [7, 11) is 0. The highest BCUT2D eigenvalue weighted by atomic mass is 16.5. The molecule has 1 atom stereocenters. The van der Waals surface area contributed by atoms with E-state index in [1.54, 1.807) is 4.90 Å². The van der Waals surface area contributed by atoms with Gasteiger partial charge in [-0.15, -0.1) is 0 Å². The van der Waals surface area contributed by atoms with Gasteiger partial charge >= 0.3 is 0 Å². The molecule has 0 bridgehead atoms. The first-order chi connectivity index (χ1) is 16.1. The Bertz CT molecular complexity index is 939. The highest BCUT2D eigenvalue weighted by Gasteiger charge is 2.28. The molecule has 0 radical (unpaired) electrons. The van der Waals surface area contributed by atoms with Gasteiger partial charge in [-0.1, -0.05) is 82.0 Å². The number of nitrogens with one attached hydrogen (secondary N) is 1. The highest BCUT2D eigenvalue weighted by molar-refractivity contribution is 5.88. The monoisotopic (exact) mass is 464 g/mol. The standard InChI is InChI=1S/C29H40N2O3/c1-21-11-13-23(14-12-21)19-31(22(2)28(33)30-25-9-7-6-8-10-25)27(32)20-34-26-17-15-24(16-18-26)29(3,4)5/h11-18,22,25H,6-10,19-20H2,1-5H3,(H,30,33). The van der Waals surface area contributed by atoms with E-state index in [2.05, 4.69) is 26.1 Å². The lowest BCUT2D eigenvalue weighted by atomic mass is 9.87. The van der Waals surface area contributed by atoms with Crippen LogP contribution in [0.15, 0.2) is 48.5 Å². The van der Waals surface area contributed by atoms with Crippen LogP contribution >= 0.6 is 0 Å². The molecule has 1 fully saturated rings. The Balaban J connectivity index is 1.69. The number of amides is 2. The number of hydrogen-bond donors (Lipinski definition) is 1. The van der Waals surface area contributed by atoms with Gasteiger partial charge < -0.3 is 15.0 Å². The SMILES string of the molecule is Cc1ccc(CN(C(=O)COc2ccc(C(C)(C)C)cc2)C(C)C(=O)NC2CCCCC2)cc1. The van der Waals surface area contributed by atoms with Crippen LogP contribution in [0.3, 0.4) is 0 Å². The molecule has 0 saturated heterocycles. The molecular weight excluding hydrogens is 424 g/mol. The third kappa shape index (κ3) is 7.34. The topological polar surface area (TPSA) is 58.6 Å². The zero-order chi connectivity index (χ0) is 24.7. The van der Waals surface area contributed by atoms with E-state index in [9.17, 15) is 9.59 Å². The highest BCUT2D eigenvalue weighted by Crippen LogP contribution is 2.24. The van der Waals surface area contributed by atoms with Crippen molar-refractivity contribution < 1.29 is 14.3 Å². The van der Waals surface area contributed by atoms with Crippen molar-refractivity contribution in [2.24, 2.45) is 0 Å². The third-order valence-corrected chi connectivity index (χ3v) is 6.68. The molecule has 2 amide bonds. The molecule has 3 rings (SSSR count). The molecule has 1 saturated carbocycles. The molecule has 1 aliphatic rings. The molecule has 1 unspecified atom stereocenters. The van der Waals surface area contributed by atoms with Crippen molar-refractivity contribution in [1.29, 1.82) is 0 Å². The van der Waals surface area contributed by atoms with Crippen LogP contribution < -0.4 is 10.1 Å². The van der Waals surface area contributed by atoms with E-state index < -0.39 is 6.04 Å². The summed E-state index contributed by atoms with van der Waals surface area (Å²) in [6.45, 7) is 10.6. The van der Waals surface area contributed by atoms with E-state index in [0.717, 1.165) is 36.8 Å². The summed E-state index contributed by atoms with van der Waals surface area (Å²) in [5.74, 6) is 0.351. The molecule has 34 heavy (non-hydrogen) atoms. The Labute approximate surface area is 204 Å². The van der Waals surface area contributed by atoms with Gasteiger partial charge in [-0.05, 0) is 55.4 Å². The van der Waals surface area contributed by atoms with Gasteiger partial charge in [-0.2, -0.15) is 0 Å². The number of ether oxygens (including phenoxy) is 1. The number of benzene rings is 2. The van der Waals surface area contributed by atoms with Gasteiger partial charge in [0, 0.05) is 12.6 Å². The number of carbonyl (C=O) groups is 2. The fraction of sp³-hybridized carbons (Fsp3) is 0.517. The molecule has 0 spiro atoms. The summed E-state index contributed by atoms with van der Waals surface area (Å²) < 4.78 is 5.83. The minimum Gasteiger partial charge on any atom is -0.484 e. The van der Waals surface area contributed by atoms with Gasteiger partial charge in [0.1, 0.15) is 11.8 Å². The van der Waals surface area contributed by atoms with Crippen LogP contribution in [-0.2, 0) is 21.5 Å². The van der Waals surface area contributed by atoms with Crippen molar-refractivity contribution in [3.63, 3.8) is 0 Å². The van der Waals surface area contributed by atoms with Crippen LogP contribution in [-0.4, -0.2) is 35.4 Å². The first-order valence-corrected chi connectivity index (χ1v) is 12.5. The van der Waals surface area contributed by atoms with Crippen molar-refractivity contribution in [2.75, 3.05) is 6.61 Å². The molecule has 1 N–H and O–H groups in total. The lowest BCUT2D eigenvalue weighted by Crippen LogP contribution is -2.51. The summed E-state index contributed by atoms with van der Waals surface area (Å²) in [6, 6.07) is 15.6. The summed E-state index contributed by atoms with van der Waals surface area (Å²) in [6.07, 6.45) is 5.55. The minimum absolute atomic E-state index is 0.0559. The molecule has 5 heteroatoms. The number of hydrogen-bond acceptors (Lipinski definition) is 3. The van der Waals surface area contributed by atoms with E-state index in [1.807, 2.05) is 62.4 Å². The van der Waals surface area contributed by atoms with Crippen molar-refractivity contribution in [2.45, 2.75) is 90.8 Å². The van der Waals surface area contributed by atoms with Crippen LogP contribution in [0.1, 0.15) is 76.5 Å². The maximum absolute atomic E-state index is 13.3. The number of rotatable bonds is 8. The van der Waals surface area contributed by atoms with Crippen molar-refractivity contribution in [1.82, 2.24) is 10.2 Å². The van der Waals surface area contributed by atoms with Crippen molar-refractivity contribution >= 4 is 11.8 Å². The molecule has 2 aromatic rings. The fourth-order valence-electron chi connectivity index (χ4n) is 4.32. The van der Waals surface area contributed by atoms with Gasteiger partial charge in [0.05, 0.1) is 0 Å². The van der Waals surface area contributed by atoms with Gasteiger partial charge in [0.25, 0.3) is 5.91 Å². The van der Waals surface area contributed by atoms with E-state index in [0.29, 0.717) is 12.3 Å². The molecule has 5 nitrogen and oxygen atoms in total. The van der Waals surface area contributed by atoms with Gasteiger partial charge in [-0.25, -0.2) is 0 Å². The lowest BCUT2D eigenvalue weighted by molar-refractivity contribution is -0.142. The van der Waals surface area contributed by atoms with Crippen LogP contribution in [0.25, 0.3) is 0 Å². The van der Waals surface area contributed by atoms with Crippen molar-refractivity contribution in [3.05, 3.63) is 65.2 Å². The van der Waals surface area contributed by atoms with E-state index >= 15 is 0 Å². The van der Waals surface area contributed by atoms with Crippen LogP contribution in [0.4, 0.5) is 0 Å². The molecule has 184 valence electrons. The van der Waals surface area contributed by atoms with Gasteiger partial charge in [0.2, 0.25) is 5.91 Å². The molecule has 2 aromatic carbocycles. The summed E-state index contributed by atoms with van der Waals surface area (Å²) in [4.78, 5) is 28.0. The predicted octanol–water partition coefficient (Wildman–Crippen LogP) is 5.54. The fourth-order valence-corrected chi connectivity index (χ4v) is 4.32. The Morgan fingerprint density at radius 3 is 2.21 bits per heavy atom. The largest absolute Gasteiger partial charge is 0.484 e. The normalized spacial score (nSPS) is 15.4. The average Bonchev–Trinajstić information content (AvgIpc) is 2.82. The Morgan fingerprint density at radius 1 is 1.00 bits per heavy atom. The first-order valence-electron chi connectivity index (χ1n) is 12.5. The summed E-state index contributed by atoms with van der Waals surface area (Å²) in [5, 5.41) is 3.17. The number of carbonyl (C=O) groups excluding carboxylic acids is 2. The van der Waals surface area contributed by atoms with Crippen LogP contribution in [0, 0.1) is 6.92 Å². The van der Waals surface area contributed by atoms with Gasteiger partial charge in [-0.3, -0.25) is 9.59 Å². The summed E-state index contributed by atoms with van der Waals surface area (Å²) >= 11 is 0.